The van der Waals surface area contributed by atoms with Crippen molar-refractivity contribution in [1.29, 1.82) is 0 Å². The number of hydrogen-bond acceptors (Lipinski definition) is 5. The predicted octanol–water partition coefficient (Wildman–Crippen LogP) is 3.29. The first-order valence-corrected chi connectivity index (χ1v) is 11.5. The fourth-order valence-corrected chi connectivity index (χ4v) is 4.95. The maximum atomic E-state index is 12.7. The van der Waals surface area contributed by atoms with Crippen molar-refractivity contribution in [3.63, 3.8) is 0 Å². The van der Waals surface area contributed by atoms with Crippen LogP contribution in [0.3, 0.4) is 0 Å². The predicted molar refractivity (Wildman–Crippen MR) is 113 cm³/mol. The highest BCUT2D eigenvalue weighted by Gasteiger charge is 2.30. The minimum atomic E-state index is -0.426. The molecule has 0 saturated heterocycles. The number of para-hydroxylation sites is 1. The second kappa shape index (κ2) is 8.98. The van der Waals surface area contributed by atoms with Crippen LogP contribution >= 0.6 is 11.8 Å². The summed E-state index contributed by atoms with van der Waals surface area (Å²) in [7, 11) is 0. The average Bonchev–Trinajstić information content (AvgIpc) is 3.39. The maximum absolute atomic E-state index is 12.7. The number of carbonyl (C=O) groups excluding carboxylic acids is 2. The third-order valence-corrected chi connectivity index (χ3v) is 6.44. The van der Waals surface area contributed by atoms with E-state index in [1.165, 1.54) is 25.7 Å². The number of hydrogen-bond donors (Lipinski definition) is 2. The van der Waals surface area contributed by atoms with Crippen LogP contribution in [0.1, 0.15) is 61.9 Å². The van der Waals surface area contributed by atoms with Gasteiger partial charge in [0, 0.05) is 31.1 Å². The van der Waals surface area contributed by atoms with Crippen LogP contribution in [0.4, 0.5) is 5.69 Å². The van der Waals surface area contributed by atoms with Gasteiger partial charge in [0.25, 0.3) is 0 Å². The Labute approximate surface area is 175 Å². The number of nitrogens with one attached hydrogen (secondary N) is 2. The monoisotopic (exact) mass is 413 g/mol. The van der Waals surface area contributed by atoms with Crippen molar-refractivity contribution in [1.82, 2.24) is 20.1 Å². The molecule has 1 unspecified atom stereocenters. The minimum Gasteiger partial charge on any atom is -0.356 e. The standard InChI is InChI=1S/C21H27N5O2S/c1-29-21-25-24-18(26(21)14-7-2-3-8-14)11-6-12-22-20(28)16-13-19(27)23-17-10-5-4-9-15(16)17/h4-5,9-10,14,16H,2-3,6-8,11-13H2,1H3,(H,22,28)(H,23,27). The van der Waals surface area contributed by atoms with E-state index in [9.17, 15) is 9.59 Å². The van der Waals surface area contributed by atoms with Crippen LogP contribution in [-0.4, -0.2) is 39.4 Å². The van der Waals surface area contributed by atoms with E-state index < -0.39 is 5.92 Å². The SMILES string of the molecule is CSc1nnc(CCCNC(=O)C2CC(=O)Nc3ccccc32)n1C1CCCC1. The second-order valence-corrected chi connectivity index (χ2v) is 8.47. The Kier molecular flexibility index (Phi) is 6.18. The molecule has 2 aromatic rings. The molecule has 0 spiro atoms. The number of carbonyl (C=O) groups is 2. The number of aryl methyl sites for hydroxylation is 1. The van der Waals surface area contributed by atoms with Crippen molar-refractivity contribution in [2.45, 2.75) is 62.1 Å². The highest BCUT2D eigenvalue weighted by Crippen LogP contribution is 2.34. The highest BCUT2D eigenvalue weighted by molar-refractivity contribution is 7.98. The van der Waals surface area contributed by atoms with Crippen molar-refractivity contribution in [2.24, 2.45) is 0 Å². The zero-order valence-corrected chi connectivity index (χ0v) is 17.5. The molecular weight excluding hydrogens is 386 g/mol. The lowest BCUT2D eigenvalue weighted by atomic mass is 9.90. The van der Waals surface area contributed by atoms with Crippen LogP contribution < -0.4 is 10.6 Å². The molecule has 4 rings (SSSR count). The lowest BCUT2D eigenvalue weighted by Crippen LogP contribution is -2.35. The quantitative estimate of drug-likeness (QED) is 0.537. The van der Waals surface area contributed by atoms with Gasteiger partial charge in [-0.1, -0.05) is 42.8 Å². The van der Waals surface area contributed by atoms with Crippen molar-refractivity contribution in [2.75, 3.05) is 18.1 Å². The zero-order valence-electron chi connectivity index (χ0n) is 16.7. The molecule has 1 aromatic heterocycles. The van der Waals surface area contributed by atoms with E-state index in [1.54, 1.807) is 11.8 Å². The van der Waals surface area contributed by atoms with E-state index in [-0.39, 0.29) is 18.2 Å². The minimum absolute atomic E-state index is 0.0886. The topological polar surface area (TPSA) is 88.9 Å². The molecule has 2 N–H and O–H groups in total. The highest BCUT2D eigenvalue weighted by atomic mass is 32.2. The van der Waals surface area contributed by atoms with Crippen molar-refractivity contribution < 1.29 is 9.59 Å². The van der Waals surface area contributed by atoms with Gasteiger partial charge in [0.2, 0.25) is 11.8 Å². The second-order valence-electron chi connectivity index (χ2n) is 7.70. The Balaban J connectivity index is 1.34. The Morgan fingerprint density at radius 3 is 2.86 bits per heavy atom. The molecule has 1 fully saturated rings. The number of thioether (sulfide) groups is 1. The first-order chi connectivity index (χ1) is 14.2. The van der Waals surface area contributed by atoms with Crippen molar-refractivity contribution in [3.05, 3.63) is 35.7 Å². The molecule has 0 bridgehead atoms. The lowest BCUT2D eigenvalue weighted by Gasteiger charge is -2.24. The lowest BCUT2D eigenvalue weighted by molar-refractivity contribution is -0.126. The summed E-state index contributed by atoms with van der Waals surface area (Å²) >= 11 is 1.64. The molecule has 29 heavy (non-hydrogen) atoms. The van der Waals surface area contributed by atoms with E-state index in [1.807, 2.05) is 30.5 Å². The number of anilines is 1. The van der Waals surface area contributed by atoms with E-state index in [0.717, 1.165) is 35.1 Å². The Bertz CT molecular complexity index is 891. The summed E-state index contributed by atoms with van der Waals surface area (Å²) in [6.07, 6.45) is 8.73. The van der Waals surface area contributed by atoms with Gasteiger partial charge in [-0.2, -0.15) is 0 Å². The van der Waals surface area contributed by atoms with Crippen molar-refractivity contribution in [3.8, 4) is 0 Å². The summed E-state index contributed by atoms with van der Waals surface area (Å²) in [5.41, 5.74) is 1.62. The molecule has 154 valence electrons. The molecule has 1 atom stereocenters. The first kappa shape index (κ1) is 19.9. The van der Waals surface area contributed by atoms with E-state index in [4.69, 9.17) is 0 Å². The van der Waals surface area contributed by atoms with Gasteiger partial charge in [0.1, 0.15) is 5.82 Å². The van der Waals surface area contributed by atoms with Gasteiger partial charge in [-0.15, -0.1) is 10.2 Å². The fraction of sp³-hybridized carbons (Fsp3) is 0.524. The molecule has 1 aliphatic carbocycles. The summed E-state index contributed by atoms with van der Waals surface area (Å²) in [6, 6.07) is 8.02. The van der Waals surface area contributed by atoms with Gasteiger partial charge in [0.15, 0.2) is 5.16 Å². The summed E-state index contributed by atoms with van der Waals surface area (Å²) in [5, 5.41) is 15.6. The van der Waals surface area contributed by atoms with Gasteiger partial charge >= 0.3 is 0 Å². The Morgan fingerprint density at radius 2 is 2.07 bits per heavy atom. The number of rotatable bonds is 7. The number of aromatic nitrogens is 3. The third-order valence-electron chi connectivity index (χ3n) is 5.80. The number of nitrogens with zero attached hydrogens (tertiary/aromatic N) is 3. The van der Waals surface area contributed by atoms with Gasteiger partial charge < -0.3 is 15.2 Å². The van der Waals surface area contributed by atoms with Crippen LogP contribution in [-0.2, 0) is 16.0 Å². The molecule has 2 aliphatic rings. The molecule has 1 aromatic carbocycles. The molecule has 1 saturated carbocycles. The van der Waals surface area contributed by atoms with Crippen LogP contribution in [0, 0.1) is 0 Å². The van der Waals surface area contributed by atoms with Gasteiger partial charge in [-0.3, -0.25) is 9.59 Å². The molecule has 2 amide bonds. The van der Waals surface area contributed by atoms with Crippen LogP contribution in [0.5, 0.6) is 0 Å². The summed E-state index contributed by atoms with van der Waals surface area (Å²) < 4.78 is 2.31. The summed E-state index contributed by atoms with van der Waals surface area (Å²) in [5.74, 6) is 0.385. The maximum Gasteiger partial charge on any atom is 0.228 e. The van der Waals surface area contributed by atoms with Crippen LogP contribution in [0.2, 0.25) is 0 Å². The first-order valence-electron chi connectivity index (χ1n) is 10.3. The smallest absolute Gasteiger partial charge is 0.228 e. The van der Waals surface area contributed by atoms with Gasteiger partial charge in [-0.05, 0) is 37.1 Å². The van der Waals surface area contributed by atoms with E-state index in [0.29, 0.717) is 12.6 Å². The number of fused-ring (bicyclic) bond motifs is 1. The van der Waals surface area contributed by atoms with Crippen LogP contribution in [0.25, 0.3) is 0 Å². The van der Waals surface area contributed by atoms with Gasteiger partial charge in [-0.25, -0.2) is 0 Å². The number of amides is 2. The number of benzene rings is 1. The van der Waals surface area contributed by atoms with Crippen molar-refractivity contribution >= 4 is 29.3 Å². The Hall–Kier alpha value is -2.35. The average molecular weight is 414 g/mol. The fourth-order valence-electron chi connectivity index (χ4n) is 4.37. The molecule has 7 nitrogen and oxygen atoms in total. The largest absolute Gasteiger partial charge is 0.356 e. The summed E-state index contributed by atoms with van der Waals surface area (Å²) in [4.78, 5) is 24.7. The molecule has 1 aliphatic heterocycles. The normalized spacial score (nSPS) is 19.1. The zero-order chi connectivity index (χ0) is 20.2. The van der Waals surface area contributed by atoms with E-state index >= 15 is 0 Å². The third kappa shape index (κ3) is 4.32. The van der Waals surface area contributed by atoms with E-state index in [2.05, 4.69) is 25.4 Å². The molecular formula is C21H27N5O2S. The van der Waals surface area contributed by atoms with Gasteiger partial charge in [0.05, 0.1) is 5.92 Å². The molecule has 2 heterocycles. The molecule has 8 heteroatoms. The van der Waals surface area contributed by atoms with Crippen LogP contribution in [0.15, 0.2) is 29.4 Å². The molecule has 0 radical (unpaired) electrons. The summed E-state index contributed by atoms with van der Waals surface area (Å²) in [6.45, 7) is 0.561. The Morgan fingerprint density at radius 1 is 1.28 bits per heavy atom.